The number of carbonyl (C=O) groups excluding carboxylic acids is 2. The average Bonchev–Trinajstić information content (AvgIpc) is 3.35. The fraction of sp³-hybridized carbons (Fsp3) is 0.385. The standard InChI is InChI=1S/C26H30N2O2/c1-4-5-8-20-10-13-22(14-11-20)28-25(29)23(21-12-9-18(2)19(3)17-21)24(26(28)30)27-15-6-7-16-27/h9-14,17H,4-8,15-16H2,1-3H3. The first-order chi connectivity index (χ1) is 14.5. The van der Waals surface area contributed by atoms with Crippen molar-refractivity contribution in [2.24, 2.45) is 0 Å². The van der Waals surface area contributed by atoms with E-state index in [2.05, 4.69) is 18.7 Å². The molecule has 0 atom stereocenters. The number of likely N-dealkylation sites (tertiary alicyclic amines) is 1. The molecule has 0 aromatic heterocycles. The third-order valence-electron chi connectivity index (χ3n) is 6.29. The number of hydrogen-bond donors (Lipinski definition) is 0. The van der Waals surface area contributed by atoms with Crippen LogP contribution in [-0.4, -0.2) is 29.8 Å². The summed E-state index contributed by atoms with van der Waals surface area (Å²) in [6.45, 7) is 7.93. The zero-order valence-corrected chi connectivity index (χ0v) is 18.2. The summed E-state index contributed by atoms with van der Waals surface area (Å²) in [4.78, 5) is 30.5. The SMILES string of the molecule is CCCCc1ccc(N2C(=O)C(c3ccc(C)c(C)c3)=C(N3CCCC3)C2=O)cc1. The van der Waals surface area contributed by atoms with Crippen molar-refractivity contribution in [3.63, 3.8) is 0 Å². The van der Waals surface area contributed by atoms with E-state index in [1.807, 2.05) is 49.4 Å². The molecule has 2 aromatic carbocycles. The zero-order valence-electron chi connectivity index (χ0n) is 18.2. The van der Waals surface area contributed by atoms with Crippen molar-refractivity contribution < 1.29 is 9.59 Å². The Morgan fingerprint density at radius 1 is 0.867 bits per heavy atom. The van der Waals surface area contributed by atoms with Crippen LogP contribution >= 0.6 is 0 Å². The van der Waals surface area contributed by atoms with E-state index in [0.29, 0.717) is 17.0 Å². The van der Waals surface area contributed by atoms with E-state index in [9.17, 15) is 9.59 Å². The Morgan fingerprint density at radius 2 is 1.57 bits per heavy atom. The smallest absolute Gasteiger partial charge is 0.282 e. The normalized spacial score (nSPS) is 16.9. The number of rotatable bonds is 6. The number of benzene rings is 2. The van der Waals surface area contributed by atoms with E-state index in [0.717, 1.165) is 56.3 Å². The van der Waals surface area contributed by atoms with Gasteiger partial charge in [0.05, 0.1) is 11.3 Å². The molecular weight excluding hydrogens is 372 g/mol. The second-order valence-corrected chi connectivity index (χ2v) is 8.43. The summed E-state index contributed by atoms with van der Waals surface area (Å²) in [7, 11) is 0. The highest BCUT2D eigenvalue weighted by molar-refractivity contribution is 6.45. The quantitative estimate of drug-likeness (QED) is 0.637. The van der Waals surface area contributed by atoms with Crippen LogP contribution in [0.3, 0.4) is 0 Å². The lowest BCUT2D eigenvalue weighted by atomic mass is 9.99. The maximum atomic E-state index is 13.6. The van der Waals surface area contributed by atoms with E-state index in [-0.39, 0.29) is 11.8 Å². The minimum Gasteiger partial charge on any atom is -0.366 e. The fourth-order valence-electron chi connectivity index (χ4n) is 4.34. The van der Waals surface area contributed by atoms with Gasteiger partial charge in [-0.15, -0.1) is 0 Å². The van der Waals surface area contributed by atoms with Crippen LogP contribution in [-0.2, 0) is 16.0 Å². The van der Waals surface area contributed by atoms with Crippen LogP contribution in [0.15, 0.2) is 48.2 Å². The summed E-state index contributed by atoms with van der Waals surface area (Å²) >= 11 is 0. The van der Waals surface area contributed by atoms with E-state index in [4.69, 9.17) is 0 Å². The van der Waals surface area contributed by atoms with Gasteiger partial charge in [0, 0.05) is 13.1 Å². The molecule has 1 saturated heterocycles. The predicted molar refractivity (Wildman–Crippen MR) is 121 cm³/mol. The van der Waals surface area contributed by atoms with Crippen LogP contribution in [0.5, 0.6) is 0 Å². The summed E-state index contributed by atoms with van der Waals surface area (Å²) in [6, 6.07) is 13.9. The Hall–Kier alpha value is -2.88. The van der Waals surface area contributed by atoms with Gasteiger partial charge in [-0.1, -0.05) is 43.7 Å². The largest absolute Gasteiger partial charge is 0.366 e. The van der Waals surface area contributed by atoms with Crippen LogP contribution in [0.1, 0.15) is 54.9 Å². The summed E-state index contributed by atoms with van der Waals surface area (Å²) in [6.07, 6.45) is 5.41. The number of hydrogen-bond acceptors (Lipinski definition) is 3. The highest BCUT2D eigenvalue weighted by atomic mass is 16.2. The number of anilines is 1. The molecule has 0 N–H and O–H groups in total. The molecule has 2 aliphatic heterocycles. The summed E-state index contributed by atoms with van der Waals surface area (Å²) in [5.41, 5.74) is 6.14. The number of amides is 2. The Balaban J connectivity index is 1.73. The molecule has 0 spiro atoms. The van der Waals surface area contributed by atoms with Crippen molar-refractivity contribution in [1.29, 1.82) is 0 Å². The zero-order chi connectivity index (χ0) is 21.3. The molecule has 1 fully saturated rings. The van der Waals surface area contributed by atoms with Gasteiger partial charge in [0.2, 0.25) is 0 Å². The van der Waals surface area contributed by atoms with Crippen molar-refractivity contribution in [2.75, 3.05) is 18.0 Å². The van der Waals surface area contributed by atoms with Gasteiger partial charge < -0.3 is 4.90 Å². The molecule has 2 aromatic rings. The lowest BCUT2D eigenvalue weighted by Gasteiger charge is -2.20. The second-order valence-electron chi connectivity index (χ2n) is 8.43. The van der Waals surface area contributed by atoms with Gasteiger partial charge in [-0.3, -0.25) is 9.59 Å². The maximum absolute atomic E-state index is 13.6. The Kier molecular flexibility index (Phi) is 5.76. The molecule has 0 aliphatic carbocycles. The van der Waals surface area contributed by atoms with Gasteiger partial charge in [-0.25, -0.2) is 4.90 Å². The molecule has 2 amide bonds. The van der Waals surface area contributed by atoms with Gasteiger partial charge in [0.15, 0.2) is 0 Å². The van der Waals surface area contributed by atoms with E-state index in [1.165, 1.54) is 16.0 Å². The van der Waals surface area contributed by atoms with Crippen molar-refractivity contribution in [3.05, 3.63) is 70.4 Å². The number of imide groups is 1. The van der Waals surface area contributed by atoms with Crippen molar-refractivity contribution in [3.8, 4) is 0 Å². The second kappa shape index (κ2) is 8.47. The average molecular weight is 403 g/mol. The Labute approximate surface area is 179 Å². The maximum Gasteiger partial charge on any atom is 0.282 e. The van der Waals surface area contributed by atoms with E-state index >= 15 is 0 Å². The molecule has 156 valence electrons. The third kappa shape index (κ3) is 3.67. The van der Waals surface area contributed by atoms with Gasteiger partial charge in [0.25, 0.3) is 11.8 Å². The number of carbonyl (C=O) groups is 2. The van der Waals surface area contributed by atoms with Gasteiger partial charge in [0.1, 0.15) is 5.70 Å². The van der Waals surface area contributed by atoms with Crippen molar-refractivity contribution in [1.82, 2.24) is 4.90 Å². The van der Waals surface area contributed by atoms with Gasteiger partial charge in [-0.2, -0.15) is 0 Å². The molecule has 0 radical (unpaired) electrons. The lowest BCUT2D eigenvalue weighted by molar-refractivity contribution is -0.120. The summed E-state index contributed by atoms with van der Waals surface area (Å²) in [5, 5.41) is 0. The van der Waals surface area contributed by atoms with Crippen LogP contribution in [0.4, 0.5) is 5.69 Å². The highest BCUT2D eigenvalue weighted by Gasteiger charge is 2.43. The highest BCUT2D eigenvalue weighted by Crippen LogP contribution is 2.36. The number of aryl methyl sites for hydroxylation is 3. The molecule has 4 nitrogen and oxygen atoms in total. The molecule has 0 saturated carbocycles. The monoisotopic (exact) mass is 402 g/mol. The van der Waals surface area contributed by atoms with Crippen LogP contribution in [0.2, 0.25) is 0 Å². The molecule has 2 aliphatic rings. The molecule has 0 bridgehead atoms. The Bertz CT molecular complexity index is 998. The minimum atomic E-state index is -0.216. The van der Waals surface area contributed by atoms with Crippen LogP contribution < -0.4 is 4.90 Å². The molecule has 0 unspecified atom stereocenters. The van der Waals surface area contributed by atoms with Gasteiger partial charge >= 0.3 is 0 Å². The third-order valence-corrected chi connectivity index (χ3v) is 6.29. The fourth-order valence-corrected chi connectivity index (χ4v) is 4.34. The molecule has 30 heavy (non-hydrogen) atoms. The molecule has 4 rings (SSSR count). The molecular formula is C26H30N2O2. The first-order valence-corrected chi connectivity index (χ1v) is 11.1. The minimum absolute atomic E-state index is 0.198. The number of nitrogens with zero attached hydrogens (tertiary/aromatic N) is 2. The topological polar surface area (TPSA) is 40.6 Å². The molecule has 4 heteroatoms. The molecule has 2 heterocycles. The van der Waals surface area contributed by atoms with Crippen LogP contribution in [0.25, 0.3) is 5.57 Å². The number of unbranched alkanes of at least 4 members (excludes halogenated alkanes) is 1. The first-order valence-electron chi connectivity index (χ1n) is 11.1. The summed E-state index contributed by atoms with van der Waals surface area (Å²) < 4.78 is 0. The lowest BCUT2D eigenvalue weighted by Crippen LogP contribution is -2.34. The van der Waals surface area contributed by atoms with Gasteiger partial charge in [-0.05, 0) is 73.9 Å². The predicted octanol–water partition coefficient (Wildman–Crippen LogP) is 5.03. The first kappa shape index (κ1) is 20.4. The van der Waals surface area contributed by atoms with Crippen molar-refractivity contribution in [2.45, 2.75) is 52.9 Å². The van der Waals surface area contributed by atoms with Crippen LogP contribution in [0, 0.1) is 13.8 Å². The van der Waals surface area contributed by atoms with E-state index in [1.54, 1.807) is 0 Å². The summed E-state index contributed by atoms with van der Waals surface area (Å²) in [5.74, 6) is -0.414. The Morgan fingerprint density at radius 3 is 2.20 bits per heavy atom. The van der Waals surface area contributed by atoms with Crippen molar-refractivity contribution >= 4 is 23.1 Å². The van der Waals surface area contributed by atoms with E-state index < -0.39 is 0 Å².